The maximum atomic E-state index is 12.9. The molecule has 0 aliphatic carbocycles. The van der Waals surface area contributed by atoms with Gasteiger partial charge in [0, 0.05) is 24.3 Å². The van der Waals surface area contributed by atoms with Crippen LogP contribution in [-0.4, -0.2) is 50.1 Å². The van der Waals surface area contributed by atoms with Crippen LogP contribution in [0.2, 0.25) is 0 Å². The van der Waals surface area contributed by atoms with Gasteiger partial charge in [0.05, 0.1) is 18.8 Å². The van der Waals surface area contributed by atoms with Crippen molar-refractivity contribution in [2.75, 3.05) is 32.1 Å². The lowest BCUT2D eigenvalue weighted by Crippen LogP contribution is -2.55. The predicted molar refractivity (Wildman–Crippen MR) is 80.3 cm³/mol. The molecule has 1 aliphatic rings. The fourth-order valence-electron chi connectivity index (χ4n) is 2.21. The van der Waals surface area contributed by atoms with E-state index in [9.17, 15) is 8.42 Å². The molecular formula is C12H18BrN3O3S. The van der Waals surface area contributed by atoms with Crippen LogP contribution >= 0.6 is 15.9 Å². The van der Waals surface area contributed by atoms with Crippen molar-refractivity contribution in [3.05, 3.63) is 16.7 Å². The van der Waals surface area contributed by atoms with E-state index in [0.717, 1.165) is 0 Å². The Labute approximate surface area is 127 Å². The molecule has 1 aromatic heterocycles. The summed E-state index contributed by atoms with van der Waals surface area (Å²) in [6, 6.07) is 1.57. The Morgan fingerprint density at radius 2 is 2.20 bits per heavy atom. The smallest absolute Gasteiger partial charge is 0.247 e. The molecule has 0 radical (unpaired) electrons. The molecule has 0 amide bonds. The first-order valence-corrected chi connectivity index (χ1v) is 8.46. The number of ether oxygens (including phenoxy) is 1. The van der Waals surface area contributed by atoms with Crippen LogP contribution in [-0.2, 0) is 14.8 Å². The van der Waals surface area contributed by atoms with Crippen LogP contribution in [0.5, 0.6) is 0 Å². The van der Waals surface area contributed by atoms with Gasteiger partial charge in [-0.1, -0.05) is 0 Å². The van der Waals surface area contributed by atoms with Crippen molar-refractivity contribution in [3.8, 4) is 0 Å². The van der Waals surface area contributed by atoms with Gasteiger partial charge in [-0.15, -0.1) is 0 Å². The molecule has 0 unspecified atom stereocenters. The molecule has 112 valence electrons. The number of nitrogens with one attached hydrogen (secondary N) is 1. The Kier molecular flexibility index (Phi) is 4.38. The highest BCUT2D eigenvalue weighted by molar-refractivity contribution is 9.10. The average molecular weight is 364 g/mol. The standard InChI is InChI=1S/C12H18BrN3O3S/c1-12(2)8-19-5-4-16(12)20(17,18)10-6-9(13)7-15-11(10)14-3/h6-7H,4-5,8H2,1-3H3,(H,14,15). The molecule has 0 spiro atoms. The third-order valence-corrected chi connectivity index (χ3v) is 5.75. The second-order valence-corrected chi connectivity index (χ2v) is 7.94. The molecule has 6 nitrogen and oxygen atoms in total. The lowest BCUT2D eigenvalue weighted by atomic mass is 10.1. The minimum Gasteiger partial charge on any atom is -0.378 e. The first kappa shape index (κ1) is 15.7. The van der Waals surface area contributed by atoms with E-state index in [0.29, 0.717) is 30.0 Å². The second-order valence-electron chi connectivity index (χ2n) is 5.19. The number of halogens is 1. The minimum absolute atomic E-state index is 0.171. The first-order valence-electron chi connectivity index (χ1n) is 6.23. The SMILES string of the molecule is CNc1ncc(Br)cc1S(=O)(=O)N1CCOCC1(C)C. The Balaban J connectivity index is 2.52. The van der Waals surface area contributed by atoms with Crippen LogP contribution in [0.25, 0.3) is 0 Å². The summed E-state index contributed by atoms with van der Waals surface area (Å²) in [5.74, 6) is 0.343. The topological polar surface area (TPSA) is 71.5 Å². The summed E-state index contributed by atoms with van der Waals surface area (Å²) in [5, 5.41) is 2.83. The van der Waals surface area contributed by atoms with Crippen molar-refractivity contribution >= 4 is 31.8 Å². The fraction of sp³-hybridized carbons (Fsp3) is 0.583. The van der Waals surface area contributed by atoms with E-state index in [2.05, 4.69) is 26.2 Å². The normalized spacial score (nSPS) is 19.8. The van der Waals surface area contributed by atoms with Gasteiger partial charge >= 0.3 is 0 Å². The number of morpholine rings is 1. The van der Waals surface area contributed by atoms with E-state index in [-0.39, 0.29) is 4.90 Å². The maximum Gasteiger partial charge on any atom is 0.247 e. The highest BCUT2D eigenvalue weighted by atomic mass is 79.9. The van der Waals surface area contributed by atoms with E-state index < -0.39 is 15.6 Å². The Morgan fingerprint density at radius 1 is 1.50 bits per heavy atom. The molecule has 0 atom stereocenters. The van der Waals surface area contributed by atoms with E-state index in [1.54, 1.807) is 19.3 Å². The molecule has 0 aromatic carbocycles. The van der Waals surface area contributed by atoms with Gasteiger partial charge in [-0.3, -0.25) is 0 Å². The first-order chi connectivity index (χ1) is 9.29. The fourth-order valence-corrected chi connectivity index (χ4v) is 4.63. The monoisotopic (exact) mass is 363 g/mol. The molecule has 1 aliphatic heterocycles. The third-order valence-electron chi connectivity index (χ3n) is 3.19. The zero-order valence-electron chi connectivity index (χ0n) is 11.7. The van der Waals surface area contributed by atoms with Crippen LogP contribution in [0.1, 0.15) is 13.8 Å². The lowest BCUT2D eigenvalue weighted by Gasteiger charge is -2.40. The molecular weight excluding hydrogens is 346 g/mol. The average Bonchev–Trinajstić information content (AvgIpc) is 2.37. The number of hydrogen-bond donors (Lipinski definition) is 1. The number of nitrogens with zero attached hydrogens (tertiary/aromatic N) is 2. The Morgan fingerprint density at radius 3 is 2.80 bits per heavy atom. The van der Waals surface area contributed by atoms with E-state index >= 15 is 0 Å². The number of sulfonamides is 1. The van der Waals surface area contributed by atoms with Gasteiger partial charge in [0.25, 0.3) is 0 Å². The highest BCUT2D eigenvalue weighted by Crippen LogP contribution is 2.31. The third kappa shape index (κ3) is 2.83. The zero-order chi connectivity index (χ0) is 15.0. The molecule has 2 rings (SSSR count). The zero-order valence-corrected chi connectivity index (χ0v) is 14.1. The summed E-state index contributed by atoms with van der Waals surface area (Å²) < 4.78 is 33.3. The van der Waals surface area contributed by atoms with Gasteiger partial charge < -0.3 is 10.1 Å². The van der Waals surface area contributed by atoms with Crippen molar-refractivity contribution in [1.29, 1.82) is 0 Å². The van der Waals surface area contributed by atoms with E-state index in [4.69, 9.17) is 4.74 Å². The molecule has 1 aromatic rings. The molecule has 1 fully saturated rings. The minimum atomic E-state index is -3.64. The van der Waals surface area contributed by atoms with Gasteiger partial charge in [0.15, 0.2) is 0 Å². The van der Waals surface area contributed by atoms with Crippen LogP contribution in [0.3, 0.4) is 0 Å². The van der Waals surface area contributed by atoms with Gasteiger partial charge in [-0.25, -0.2) is 13.4 Å². The molecule has 2 heterocycles. The van der Waals surface area contributed by atoms with Crippen LogP contribution in [0, 0.1) is 0 Å². The second kappa shape index (κ2) is 5.59. The van der Waals surface area contributed by atoms with E-state index in [1.165, 1.54) is 4.31 Å². The van der Waals surface area contributed by atoms with Crippen LogP contribution in [0.15, 0.2) is 21.6 Å². The molecule has 8 heteroatoms. The van der Waals surface area contributed by atoms with Gasteiger partial charge in [0.1, 0.15) is 10.7 Å². The quantitative estimate of drug-likeness (QED) is 0.884. The molecule has 0 bridgehead atoms. The largest absolute Gasteiger partial charge is 0.378 e. The summed E-state index contributed by atoms with van der Waals surface area (Å²) in [5.41, 5.74) is -0.579. The van der Waals surface area contributed by atoms with Crippen molar-refractivity contribution < 1.29 is 13.2 Å². The lowest BCUT2D eigenvalue weighted by molar-refractivity contribution is -0.00769. The summed E-state index contributed by atoms with van der Waals surface area (Å²) in [4.78, 5) is 4.28. The number of hydrogen-bond acceptors (Lipinski definition) is 5. The molecule has 20 heavy (non-hydrogen) atoms. The Bertz CT molecular complexity index is 604. The van der Waals surface area contributed by atoms with Crippen LogP contribution < -0.4 is 5.32 Å². The Hall–Kier alpha value is -0.700. The van der Waals surface area contributed by atoms with Crippen molar-refractivity contribution in [2.45, 2.75) is 24.3 Å². The summed E-state index contributed by atoms with van der Waals surface area (Å²) >= 11 is 3.27. The van der Waals surface area contributed by atoms with Crippen molar-refractivity contribution in [2.24, 2.45) is 0 Å². The summed E-state index contributed by atoms with van der Waals surface area (Å²) in [6.45, 7) is 4.83. The van der Waals surface area contributed by atoms with Crippen LogP contribution in [0.4, 0.5) is 5.82 Å². The van der Waals surface area contributed by atoms with Crippen molar-refractivity contribution in [1.82, 2.24) is 9.29 Å². The van der Waals surface area contributed by atoms with Gasteiger partial charge in [-0.05, 0) is 35.8 Å². The number of aromatic nitrogens is 1. The highest BCUT2D eigenvalue weighted by Gasteiger charge is 2.40. The van der Waals surface area contributed by atoms with Gasteiger partial charge in [0.2, 0.25) is 10.0 Å². The molecule has 1 N–H and O–H groups in total. The van der Waals surface area contributed by atoms with Gasteiger partial charge in [-0.2, -0.15) is 4.31 Å². The van der Waals surface area contributed by atoms with Crippen molar-refractivity contribution in [3.63, 3.8) is 0 Å². The van der Waals surface area contributed by atoms with E-state index in [1.807, 2.05) is 13.8 Å². The molecule has 0 saturated carbocycles. The number of anilines is 1. The molecule has 1 saturated heterocycles. The summed E-state index contributed by atoms with van der Waals surface area (Å²) in [6.07, 6.45) is 1.56. The number of pyridine rings is 1. The maximum absolute atomic E-state index is 12.9. The summed E-state index contributed by atoms with van der Waals surface area (Å²) in [7, 11) is -1.98. The number of rotatable bonds is 3. The predicted octanol–water partition coefficient (Wildman–Crippen LogP) is 1.69.